The van der Waals surface area contributed by atoms with Crippen LogP contribution in [0.25, 0.3) is 0 Å². The van der Waals surface area contributed by atoms with Crippen molar-refractivity contribution in [3.63, 3.8) is 0 Å². The van der Waals surface area contributed by atoms with E-state index >= 15 is 0 Å². The molecule has 138 valence electrons. The van der Waals surface area contributed by atoms with E-state index in [0.717, 1.165) is 23.6 Å². The number of para-hydroxylation sites is 1. The van der Waals surface area contributed by atoms with Gasteiger partial charge in [0, 0.05) is 18.8 Å². The smallest absolute Gasteiger partial charge is 0.319 e. The lowest BCUT2D eigenvalue weighted by molar-refractivity contribution is 0.0572. The minimum absolute atomic E-state index is 0.206. The lowest BCUT2D eigenvalue weighted by Crippen LogP contribution is -2.30. The molecule has 0 spiro atoms. The number of nitrogens with one attached hydrogen (secondary N) is 2. The van der Waals surface area contributed by atoms with E-state index < -0.39 is 0 Å². The van der Waals surface area contributed by atoms with E-state index in [9.17, 15) is 4.79 Å². The van der Waals surface area contributed by atoms with Gasteiger partial charge in [0.05, 0.1) is 6.10 Å². The molecule has 3 rings (SSSR count). The van der Waals surface area contributed by atoms with Gasteiger partial charge in [-0.3, -0.25) is 0 Å². The molecule has 5 heteroatoms. The van der Waals surface area contributed by atoms with E-state index in [1.807, 2.05) is 54.6 Å². The minimum atomic E-state index is -0.206. The fourth-order valence-corrected chi connectivity index (χ4v) is 2.99. The highest BCUT2D eigenvalue weighted by atomic mass is 16.5. The zero-order valence-electron chi connectivity index (χ0n) is 14.9. The highest BCUT2D eigenvalue weighted by Crippen LogP contribution is 2.22. The number of anilines is 1. The molecular weight excluding hydrogens is 328 g/mol. The summed E-state index contributed by atoms with van der Waals surface area (Å²) in [5, 5.41) is 5.67. The van der Waals surface area contributed by atoms with Crippen LogP contribution in [0.4, 0.5) is 10.5 Å². The Balaban J connectivity index is 1.33. The van der Waals surface area contributed by atoms with E-state index in [1.165, 1.54) is 25.7 Å². The molecule has 1 aliphatic carbocycles. The lowest BCUT2D eigenvalue weighted by atomic mass is 10.3. The zero-order chi connectivity index (χ0) is 18.0. The van der Waals surface area contributed by atoms with Gasteiger partial charge >= 0.3 is 6.03 Å². The molecule has 2 aromatic rings. The molecule has 2 aromatic carbocycles. The third-order valence-electron chi connectivity index (χ3n) is 4.35. The summed E-state index contributed by atoms with van der Waals surface area (Å²) in [6.07, 6.45) is 6.17. The second-order valence-electron chi connectivity index (χ2n) is 6.45. The monoisotopic (exact) mass is 354 g/mol. The van der Waals surface area contributed by atoms with E-state index in [-0.39, 0.29) is 6.03 Å². The number of amides is 2. The van der Waals surface area contributed by atoms with Crippen molar-refractivity contribution in [3.8, 4) is 11.5 Å². The Hall–Kier alpha value is -2.53. The second kappa shape index (κ2) is 9.82. The van der Waals surface area contributed by atoms with Crippen LogP contribution in [-0.2, 0) is 4.74 Å². The summed E-state index contributed by atoms with van der Waals surface area (Å²) in [6, 6.07) is 16.7. The van der Waals surface area contributed by atoms with E-state index in [0.29, 0.717) is 19.3 Å². The number of urea groups is 1. The summed E-state index contributed by atoms with van der Waals surface area (Å²) in [5.74, 6) is 1.51. The number of carbonyl (C=O) groups is 1. The van der Waals surface area contributed by atoms with Crippen molar-refractivity contribution in [2.45, 2.75) is 38.2 Å². The summed E-state index contributed by atoms with van der Waals surface area (Å²) < 4.78 is 11.5. The Labute approximate surface area is 154 Å². The van der Waals surface area contributed by atoms with Crippen LogP contribution in [0, 0.1) is 0 Å². The molecule has 0 aliphatic heterocycles. The van der Waals surface area contributed by atoms with Crippen LogP contribution in [0.3, 0.4) is 0 Å². The Morgan fingerprint density at radius 3 is 2.38 bits per heavy atom. The van der Waals surface area contributed by atoms with Gasteiger partial charge < -0.3 is 20.1 Å². The summed E-state index contributed by atoms with van der Waals surface area (Å²) in [4.78, 5) is 11.9. The first kappa shape index (κ1) is 18.3. The molecular formula is C21H26N2O3. The average Bonchev–Trinajstić information content (AvgIpc) is 3.17. The largest absolute Gasteiger partial charge is 0.457 e. The predicted octanol–water partition coefficient (Wildman–Crippen LogP) is 4.95. The molecule has 0 saturated heterocycles. The number of rotatable bonds is 8. The SMILES string of the molecule is O=C(NCCCOC1CCCC1)Nc1ccc(Oc2ccccc2)cc1. The maximum absolute atomic E-state index is 11.9. The fraction of sp³-hybridized carbons (Fsp3) is 0.381. The van der Waals surface area contributed by atoms with E-state index in [2.05, 4.69) is 10.6 Å². The maximum atomic E-state index is 11.9. The highest BCUT2D eigenvalue weighted by Gasteiger charge is 2.14. The molecule has 0 aromatic heterocycles. The van der Waals surface area contributed by atoms with Crippen LogP contribution >= 0.6 is 0 Å². The molecule has 0 atom stereocenters. The van der Waals surface area contributed by atoms with Crippen LogP contribution in [0.1, 0.15) is 32.1 Å². The molecule has 1 saturated carbocycles. The quantitative estimate of drug-likeness (QED) is 0.660. The molecule has 1 fully saturated rings. The summed E-state index contributed by atoms with van der Waals surface area (Å²) in [5.41, 5.74) is 0.727. The Kier molecular flexibility index (Phi) is 6.90. The van der Waals surface area contributed by atoms with Crippen LogP contribution in [0.15, 0.2) is 54.6 Å². The van der Waals surface area contributed by atoms with Gasteiger partial charge in [-0.05, 0) is 55.7 Å². The molecule has 2 amide bonds. The Morgan fingerprint density at radius 1 is 0.962 bits per heavy atom. The van der Waals surface area contributed by atoms with Gasteiger partial charge in [-0.1, -0.05) is 31.0 Å². The molecule has 2 N–H and O–H groups in total. The van der Waals surface area contributed by atoms with Crippen molar-refractivity contribution in [1.29, 1.82) is 0 Å². The van der Waals surface area contributed by atoms with Crippen molar-refractivity contribution in [1.82, 2.24) is 5.32 Å². The average molecular weight is 354 g/mol. The number of hydrogen-bond acceptors (Lipinski definition) is 3. The Morgan fingerprint density at radius 2 is 1.65 bits per heavy atom. The van der Waals surface area contributed by atoms with Crippen molar-refractivity contribution in [3.05, 3.63) is 54.6 Å². The van der Waals surface area contributed by atoms with Crippen molar-refractivity contribution in [2.75, 3.05) is 18.5 Å². The van der Waals surface area contributed by atoms with Gasteiger partial charge in [0.25, 0.3) is 0 Å². The van der Waals surface area contributed by atoms with Crippen LogP contribution in [-0.4, -0.2) is 25.3 Å². The van der Waals surface area contributed by atoms with Gasteiger partial charge in [-0.15, -0.1) is 0 Å². The Bertz CT molecular complexity index is 667. The summed E-state index contributed by atoms with van der Waals surface area (Å²) >= 11 is 0. The third-order valence-corrected chi connectivity index (χ3v) is 4.35. The van der Waals surface area contributed by atoms with Crippen molar-refractivity contribution < 1.29 is 14.3 Å². The lowest BCUT2D eigenvalue weighted by Gasteiger charge is -2.12. The number of carbonyl (C=O) groups excluding carboxylic acids is 1. The van der Waals surface area contributed by atoms with Crippen molar-refractivity contribution >= 4 is 11.7 Å². The number of hydrogen-bond donors (Lipinski definition) is 2. The first-order valence-electron chi connectivity index (χ1n) is 9.29. The molecule has 1 aliphatic rings. The third kappa shape index (κ3) is 6.08. The second-order valence-corrected chi connectivity index (χ2v) is 6.45. The standard InChI is InChI=1S/C21H26N2O3/c24-21(22-15-6-16-25-18-7-4-5-8-18)23-17-11-13-20(14-12-17)26-19-9-2-1-3-10-19/h1-3,9-14,18H,4-8,15-16H2,(H2,22,23,24). The highest BCUT2D eigenvalue weighted by molar-refractivity contribution is 5.89. The first-order valence-corrected chi connectivity index (χ1v) is 9.29. The predicted molar refractivity (Wildman–Crippen MR) is 103 cm³/mol. The number of benzene rings is 2. The zero-order valence-corrected chi connectivity index (χ0v) is 14.9. The van der Waals surface area contributed by atoms with Gasteiger partial charge in [-0.25, -0.2) is 4.79 Å². The molecule has 0 radical (unpaired) electrons. The molecule has 5 nitrogen and oxygen atoms in total. The fourth-order valence-electron chi connectivity index (χ4n) is 2.99. The molecule has 0 unspecified atom stereocenters. The first-order chi connectivity index (χ1) is 12.8. The summed E-state index contributed by atoms with van der Waals surface area (Å²) in [7, 11) is 0. The van der Waals surface area contributed by atoms with E-state index in [1.54, 1.807) is 0 Å². The van der Waals surface area contributed by atoms with Gasteiger partial charge in [0.2, 0.25) is 0 Å². The van der Waals surface area contributed by atoms with E-state index in [4.69, 9.17) is 9.47 Å². The number of ether oxygens (including phenoxy) is 2. The maximum Gasteiger partial charge on any atom is 0.319 e. The minimum Gasteiger partial charge on any atom is -0.457 e. The normalized spacial score (nSPS) is 14.2. The van der Waals surface area contributed by atoms with Crippen LogP contribution < -0.4 is 15.4 Å². The van der Waals surface area contributed by atoms with Crippen LogP contribution in [0.2, 0.25) is 0 Å². The summed E-state index contributed by atoms with van der Waals surface area (Å²) in [6.45, 7) is 1.31. The van der Waals surface area contributed by atoms with Gasteiger partial charge in [-0.2, -0.15) is 0 Å². The molecule has 26 heavy (non-hydrogen) atoms. The van der Waals surface area contributed by atoms with Gasteiger partial charge in [0.15, 0.2) is 0 Å². The van der Waals surface area contributed by atoms with Crippen molar-refractivity contribution in [2.24, 2.45) is 0 Å². The van der Waals surface area contributed by atoms with Gasteiger partial charge in [0.1, 0.15) is 11.5 Å². The topological polar surface area (TPSA) is 59.6 Å². The van der Waals surface area contributed by atoms with Crippen LogP contribution in [0.5, 0.6) is 11.5 Å². The molecule has 0 bridgehead atoms. The molecule has 0 heterocycles.